The molecule has 0 aromatic heterocycles. The molecule has 0 aliphatic heterocycles. The van der Waals surface area contributed by atoms with Crippen molar-refractivity contribution < 1.29 is 13.2 Å². The van der Waals surface area contributed by atoms with Gasteiger partial charge in [0.1, 0.15) is 12.4 Å². The lowest BCUT2D eigenvalue weighted by molar-refractivity contribution is 0.341. The third-order valence-corrected chi connectivity index (χ3v) is 4.67. The first-order valence-electron chi connectivity index (χ1n) is 6.12. The van der Waals surface area contributed by atoms with Gasteiger partial charge in [-0.3, -0.25) is 0 Å². The predicted octanol–water partition coefficient (Wildman–Crippen LogP) is 3.06. The van der Waals surface area contributed by atoms with Crippen LogP contribution in [0.1, 0.15) is 5.56 Å². The van der Waals surface area contributed by atoms with E-state index in [1.54, 1.807) is 36.4 Å². The summed E-state index contributed by atoms with van der Waals surface area (Å²) in [4.78, 5) is 0.179. The van der Waals surface area contributed by atoms with E-state index in [9.17, 15) is 8.42 Å². The van der Waals surface area contributed by atoms with E-state index < -0.39 is 9.84 Å². The van der Waals surface area contributed by atoms with Crippen LogP contribution in [-0.2, 0) is 9.84 Å². The maximum Gasteiger partial charge on any atom is 0.181 e. The number of halogens is 1. The topological polar surface area (TPSA) is 67.2 Å². The summed E-state index contributed by atoms with van der Waals surface area (Å²) in [5.41, 5.74) is 0.522. The summed E-state index contributed by atoms with van der Waals surface area (Å²) in [5.74, 6) is 0.378. The summed E-state index contributed by atoms with van der Waals surface area (Å²) in [7, 11) is -3.43. The molecule has 108 valence electrons. The number of hydrogen-bond donors (Lipinski definition) is 0. The van der Waals surface area contributed by atoms with E-state index in [0.717, 1.165) is 0 Å². The highest BCUT2D eigenvalue weighted by Gasteiger charge is 2.14. The molecule has 0 fully saturated rings. The maximum atomic E-state index is 12.1. The smallest absolute Gasteiger partial charge is 0.181 e. The van der Waals surface area contributed by atoms with Gasteiger partial charge in [-0.05, 0) is 42.5 Å². The SMILES string of the molecule is N#Cc1ccc(OCCS(=O)(=O)c2cccc(Cl)c2)cc1. The Labute approximate surface area is 128 Å². The van der Waals surface area contributed by atoms with E-state index in [2.05, 4.69) is 0 Å². The first kappa shape index (κ1) is 15.4. The first-order valence-corrected chi connectivity index (χ1v) is 8.15. The Morgan fingerprint density at radius 1 is 1.14 bits per heavy atom. The van der Waals surface area contributed by atoms with Crippen molar-refractivity contribution in [3.8, 4) is 11.8 Å². The van der Waals surface area contributed by atoms with Crippen LogP contribution < -0.4 is 4.74 Å². The fraction of sp³-hybridized carbons (Fsp3) is 0.133. The van der Waals surface area contributed by atoms with E-state index in [1.807, 2.05) is 6.07 Å². The summed E-state index contributed by atoms with van der Waals surface area (Å²) in [6.45, 7) is 0.0285. The van der Waals surface area contributed by atoms with Crippen molar-refractivity contribution in [2.24, 2.45) is 0 Å². The summed E-state index contributed by atoms with van der Waals surface area (Å²) in [6, 6.07) is 14.6. The molecule has 6 heteroatoms. The molecule has 0 spiro atoms. The number of rotatable bonds is 5. The van der Waals surface area contributed by atoms with Crippen LogP contribution >= 0.6 is 11.6 Å². The minimum Gasteiger partial charge on any atom is -0.493 e. The largest absolute Gasteiger partial charge is 0.493 e. The minimum absolute atomic E-state index is 0.0285. The highest BCUT2D eigenvalue weighted by Crippen LogP contribution is 2.17. The Balaban J connectivity index is 1.97. The highest BCUT2D eigenvalue weighted by atomic mass is 35.5. The third-order valence-electron chi connectivity index (χ3n) is 2.76. The van der Waals surface area contributed by atoms with Crippen LogP contribution in [0.5, 0.6) is 5.75 Å². The van der Waals surface area contributed by atoms with Crippen LogP contribution in [0.15, 0.2) is 53.4 Å². The lowest BCUT2D eigenvalue weighted by Gasteiger charge is -2.07. The van der Waals surface area contributed by atoms with Crippen LogP contribution in [0.3, 0.4) is 0 Å². The van der Waals surface area contributed by atoms with Gasteiger partial charge >= 0.3 is 0 Å². The monoisotopic (exact) mass is 321 g/mol. The van der Waals surface area contributed by atoms with Crippen LogP contribution in [0, 0.1) is 11.3 Å². The van der Waals surface area contributed by atoms with Gasteiger partial charge in [-0.15, -0.1) is 0 Å². The van der Waals surface area contributed by atoms with Gasteiger partial charge in [0.05, 0.1) is 22.3 Å². The quantitative estimate of drug-likeness (QED) is 0.848. The molecule has 0 aliphatic carbocycles. The third kappa shape index (κ3) is 4.22. The molecule has 2 aromatic carbocycles. The molecule has 2 rings (SSSR count). The van der Waals surface area contributed by atoms with Crippen LogP contribution in [0.2, 0.25) is 5.02 Å². The molecule has 0 heterocycles. The van der Waals surface area contributed by atoms with E-state index in [1.165, 1.54) is 12.1 Å². The maximum absolute atomic E-state index is 12.1. The fourth-order valence-corrected chi connectivity index (χ4v) is 3.06. The number of nitrogens with zero attached hydrogens (tertiary/aromatic N) is 1. The number of sulfone groups is 1. The summed E-state index contributed by atoms with van der Waals surface area (Å²) >= 11 is 5.79. The predicted molar refractivity (Wildman–Crippen MR) is 80.2 cm³/mol. The molecule has 21 heavy (non-hydrogen) atoms. The minimum atomic E-state index is -3.43. The van der Waals surface area contributed by atoms with Gasteiger partial charge in [-0.25, -0.2) is 8.42 Å². The molecule has 0 radical (unpaired) electrons. The van der Waals surface area contributed by atoms with E-state index in [-0.39, 0.29) is 17.3 Å². The van der Waals surface area contributed by atoms with Gasteiger partial charge in [0.15, 0.2) is 9.84 Å². The molecule has 0 saturated carbocycles. The van der Waals surface area contributed by atoms with Gasteiger partial charge < -0.3 is 4.74 Å². The van der Waals surface area contributed by atoms with Crippen molar-refractivity contribution in [2.45, 2.75) is 4.90 Å². The van der Waals surface area contributed by atoms with E-state index >= 15 is 0 Å². The fourth-order valence-electron chi connectivity index (χ4n) is 1.67. The van der Waals surface area contributed by atoms with Crippen molar-refractivity contribution in [1.82, 2.24) is 0 Å². The average Bonchev–Trinajstić information content (AvgIpc) is 2.48. The van der Waals surface area contributed by atoms with Crippen LogP contribution in [0.4, 0.5) is 0 Å². The second-order valence-electron chi connectivity index (χ2n) is 4.26. The summed E-state index contributed by atoms with van der Waals surface area (Å²) in [5, 5.41) is 9.06. The van der Waals surface area contributed by atoms with Gasteiger partial charge in [0, 0.05) is 5.02 Å². The van der Waals surface area contributed by atoms with Crippen LogP contribution in [-0.4, -0.2) is 20.8 Å². The normalized spacial score (nSPS) is 10.9. The molecule has 0 atom stereocenters. The zero-order chi connectivity index (χ0) is 15.3. The Morgan fingerprint density at radius 2 is 1.86 bits per heavy atom. The second kappa shape index (κ2) is 6.61. The molecular formula is C15H12ClNO3S. The molecular weight excluding hydrogens is 310 g/mol. The molecule has 0 bridgehead atoms. The molecule has 0 N–H and O–H groups in total. The highest BCUT2D eigenvalue weighted by molar-refractivity contribution is 7.91. The molecule has 4 nitrogen and oxygen atoms in total. The van der Waals surface area contributed by atoms with Crippen molar-refractivity contribution in [3.05, 3.63) is 59.1 Å². The molecule has 0 aliphatic rings. The molecule has 0 unspecified atom stereocenters. The van der Waals surface area contributed by atoms with E-state index in [0.29, 0.717) is 16.3 Å². The Kier molecular flexibility index (Phi) is 4.84. The molecule has 0 amide bonds. The van der Waals surface area contributed by atoms with Crippen molar-refractivity contribution in [2.75, 3.05) is 12.4 Å². The lowest BCUT2D eigenvalue weighted by Crippen LogP contribution is -2.14. The number of ether oxygens (including phenoxy) is 1. The number of benzene rings is 2. The first-order chi connectivity index (χ1) is 10.0. The zero-order valence-electron chi connectivity index (χ0n) is 11.0. The van der Waals surface area contributed by atoms with Gasteiger partial charge in [-0.1, -0.05) is 17.7 Å². The Bertz CT molecular complexity index is 764. The summed E-state index contributed by atoms with van der Waals surface area (Å²) in [6.07, 6.45) is 0. The summed E-state index contributed by atoms with van der Waals surface area (Å²) < 4.78 is 29.6. The van der Waals surface area contributed by atoms with Crippen LogP contribution in [0.25, 0.3) is 0 Å². The van der Waals surface area contributed by atoms with Crippen molar-refractivity contribution in [3.63, 3.8) is 0 Å². The average molecular weight is 322 g/mol. The molecule has 2 aromatic rings. The second-order valence-corrected chi connectivity index (χ2v) is 6.81. The molecule has 0 saturated heterocycles. The van der Waals surface area contributed by atoms with Crippen molar-refractivity contribution in [1.29, 1.82) is 5.26 Å². The lowest BCUT2D eigenvalue weighted by atomic mass is 10.2. The standard InChI is InChI=1S/C15H12ClNO3S/c16-13-2-1-3-15(10-13)21(18,19)9-8-20-14-6-4-12(11-17)5-7-14/h1-7,10H,8-9H2. The Hall–Kier alpha value is -2.03. The van der Waals surface area contributed by atoms with E-state index in [4.69, 9.17) is 21.6 Å². The van der Waals surface area contributed by atoms with Crippen molar-refractivity contribution >= 4 is 21.4 Å². The number of hydrogen-bond acceptors (Lipinski definition) is 4. The van der Waals surface area contributed by atoms with Gasteiger partial charge in [0.25, 0.3) is 0 Å². The zero-order valence-corrected chi connectivity index (χ0v) is 12.6. The number of nitriles is 1. The van der Waals surface area contributed by atoms with Gasteiger partial charge in [0.2, 0.25) is 0 Å². The van der Waals surface area contributed by atoms with Gasteiger partial charge in [-0.2, -0.15) is 5.26 Å². The Morgan fingerprint density at radius 3 is 2.48 bits per heavy atom.